The number of ketones is 1. The largest absolute Gasteiger partial charge is 0.867 e. The third kappa shape index (κ3) is 3.70. The topological polar surface area (TPSA) is 95.9 Å². The van der Waals surface area contributed by atoms with Crippen molar-refractivity contribution in [3.05, 3.63) is 45.7 Å². The second-order valence-electron chi connectivity index (χ2n) is 4.42. The Morgan fingerprint density at radius 3 is 2.17 bits per heavy atom. The molecule has 1 N–H and O–H groups in total. The highest BCUT2D eigenvalue weighted by Crippen LogP contribution is 2.35. The van der Waals surface area contributed by atoms with Crippen LogP contribution in [0.15, 0.2) is 30.3 Å². The Balaban J connectivity index is 2.25. The van der Waals surface area contributed by atoms with Gasteiger partial charge in [-0.25, -0.2) is 4.79 Å². The average Bonchev–Trinajstić information content (AvgIpc) is 3.03. The fraction of sp³-hybridized carbons (Fsp3) is 0.125. The Bertz CT molecular complexity index is 750. The summed E-state index contributed by atoms with van der Waals surface area (Å²) in [7, 11) is 2.74. The van der Waals surface area contributed by atoms with Crippen LogP contribution in [0.2, 0.25) is 0 Å². The van der Waals surface area contributed by atoms with Gasteiger partial charge < -0.3 is 19.7 Å². The zero-order valence-electron chi connectivity index (χ0n) is 12.4. The summed E-state index contributed by atoms with van der Waals surface area (Å²) in [5, 5.41) is 20.7. The number of aromatic carboxylic acids is 1. The maximum absolute atomic E-state index is 12.0. The summed E-state index contributed by atoms with van der Waals surface area (Å²) >= 11 is 0.902. The van der Waals surface area contributed by atoms with Crippen molar-refractivity contribution in [2.75, 3.05) is 14.2 Å². The van der Waals surface area contributed by atoms with Crippen LogP contribution < -0.4 is 14.6 Å². The third-order valence-electron chi connectivity index (χ3n) is 2.97. The zero-order chi connectivity index (χ0) is 17.0. The molecule has 0 saturated heterocycles. The Hall–Kier alpha value is -2.80. The van der Waals surface area contributed by atoms with Gasteiger partial charge in [0, 0.05) is 0 Å². The van der Waals surface area contributed by atoms with E-state index < -0.39 is 5.97 Å². The molecule has 0 aliphatic rings. The third-order valence-corrected chi connectivity index (χ3v) is 4.06. The minimum Gasteiger partial charge on any atom is -0.867 e. The van der Waals surface area contributed by atoms with Crippen LogP contribution in [0, 0.1) is 0 Å². The first-order valence-corrected chi connectivity index (χ1v) is 7.26. The molecule has 2 rings (SSSR count). The standard InChI is InChI=1S/C16H14O6S/c1-21-11-7-9(8-12(22-2)15(11)18)3-4-10(17)13-5-6-14(23-13)16(19)20/h3-8,18H,1-2H3,(H,19,20)/p-1/b4-3+. The van der Waals surface area contributed by atoms with Gasteiger partial charge >= 0.3 is 5.97 Å². The van der Waals surface area contributed by atoms with Gasteiger partial charge in [0.25, 0.3) is 0 Å². The Morgan fingerprint density at radius 2 is 1.70 bits per heavy atom. The molecular weight excluding hydrogens is 320 g/mol. The quantitative estimate of drug-likeness (QED) is 0.644. The molecule has 1 aromatic carbocycles. The van der Waals surface area contributed by atoms with Crippen molar-refractivity contribution in [3.63, 3.8) is 0 Å². The summed E-state index contributed by atoms with van der Waals surface area (Å²) in [5.41, 5.74) is 0.557. The molecule has 23 heavy (non-hydrogen) atoms. The number of carboxylic acids is 1. The highest BCUT2D eigenvalue weighted by molar-refractivity contribution is 7.16. The monoisotopic (exact) mass is 333 g/mol. The number of benzene rings is 1. The van der Waals surface area contributed by atoms with Crippen molar-refractivity contribution >= 4 is 29.2 Å². The van der Waals surface area contributed by atoms with Crippen LogP contribution in [-0.2, 0) is 0 Å². The van der Waals surface area contributed by atoms with Gasteiger partial charge in [0.1, 0.15) is 16.4 Å². The van der Waals surface area contributed by atoms with Crippen LogP contribution in [0.3, 0.4) is 0 Å². The summed E-state index contributed by atoms with van der Waals surface area (Å²) < 4.78 is 9.95. The molecule has 0 aliphatic carbocycles. The highest BCUT2D eigenvalue weighted by atomic mass is 32.1. The van der Waals surface area contributed by atoms with Crippen molar-refractivity contribution in [1.29, 1.82) is 0 Å². The van der Waals surface area contributed by atoms with Crippen LogP contribution in [0.25, 0.3) is 6.08 Å². The molecule has 0 aliphatic heterocycles. The Labute approximate surface area is 136 Å². The summed E-state index contributed by atoms with van der Waals surface area (Å²) in [4.78, 5) is 23.3. The van der Waals surface area contributed by atoms with E-state index in [9.17, 15) is 14.7 Å². The fourth-order valence-corrected chi connectivity index (χ4v) is 2.60. The molecule has 6 nitrogen and oxygen atoms in total. The van der Waals surface area contributed by atoms with Crippen molar-refractivity contribution < 1.29 is 29.3 Å². The Morgan fingerprint density at radius 1 is 1.13 bits per heavy atom. The first-order valence-electron chi connectivity index (χ1n) is 6.45. The number of carboxylic acid groups (broad SMARTS) is 1. The van der Waals surface area contributed by atoms with Crippen molar-refractivity contribution in [1.82, 2.24) is 0 Å². The summed E-state index contributed by atoms with van der Waals surface area (Å²) in [5.74, 6) is -1.55. The van der Waals surface area contributed by atoms with Gasteiger partial charge in [0.05, 0.1) is 19.1 Å². The smallest absolute Gasteiger partial charge is 0.345 e. The molecule has 0 spiro atoms. The Kier molecular flexibility index (Phi) is 5.02. The second kappa shape index (κ2) is 6.97. The predicted octanol–water partition coefficient (Wildman–Crippen LogP) is 2.43. The van der Waals surface area contributed by atoms with Crippen LogP contribution in [0.4, 0.5) is 0 Å². The average molecular weight is 333 g/mol. The first-order chi connectivity index (χ1) is 11.0. The molecule has 2 aromatic rings. The lowest BCUT2D eigenvalue weighted by Gasteiger charge is -2.17. The molecule has 1 heterocycles. The lowest BCUT2D eigenvalue weighted by Crippen LogP contribution is -1.99. The normalized spacial score (nSPS) is 10.7. The van der Waals surface area contributed by atoms with Crippen LogP contribution in [0.1, 0.15) is 24.9 Å². The van der Waals surface area contributed by atoms with Crippen molar-refractivity contribution in [2.45, 2.75) is 0 Å². The van der Waals surface area contributed by atoms with Crippen LogP contribution in [0.5, 0.6) is 17.2 Å². The molecule has 1 aromatic heterocycles. The molecule has 0 saturated carbocycles. The number of hydrogen-bond donors (Lipinski definition) is 1. The number of carbonyl (C=O) groups excluding carboxylic acids is 1. The van der Waals surface area contributed by atoms with E-state index in [0.29, 0.717) is 10.4 Å². The lowest BCUT2D eigenvalue weighted by atomic mass is 10.1. The molecule has 0 atom stereocenters. The maximum Gasteiger partial charge on any atom is 0.345 e. The van der Waals surface area contributed by atoms with Crippen LogP contribution >= 0.6 is 11.3 Å². The number of hydrogen-bond acceptors (Lipinski definition) is 6. The SMILES string of the molecule is COc1cc(/C=C/C(=O)c2ccc(C(=O)O)s2)cc(OC)c1[O-]. The molecule has 0 amide bonds. The number of rotatable bonds is 6. The summed E-state index contributed by atoms with van der Waals surface area (Å²) in [6.07, 6.45) is 2.81. The van der Waals surface area contributed by atoms with Gasteiger partial charge in [-0.3, -0.25) is 4.79 Å². The highest BCUT2D eigenvalue weighted by Gasteiger charge is 2.11. The van der Waals surface area contributed by atoms with Gasteiger partial charge in [0.2, 0.25) is 0 Å². The van der Waals surface area contributed by atoms with Crippen molar-refractivity contribution in [3.8, 4) is 17.2 Å². The van der Waals surface area contributed by atoms with E-state index in [-0.39, 0.29) is 27.9 Å². The fourth-order valence-electron chi connectivity index (χ4n) is 1.84. The molecule has 0 bridgehead atoms. The minimum absolute atomic E-state index is 0.0980. The van der Waals surface area contributed by atoms with E-state index in [1.807, 2.05) is 0 Å². The van der Waals surface area contributed by atoms with E-state index in [4.69, 9.17) is 14.6 Å². The van der Waals surface area contributed by atoms with Crippen molar-refractivity contribution in [2.24, 2.45) is 0 Å². The number of allylic oxidation sites excluding steroid dienone is 1. The number of thiophene rings is 1. The minimum atomic E-state index is -1.07. The molecule has 0 fully saturated rings. The van der Waals surface area contributed by atoms with Gasteiger partial charge in [0.15, 0.2) is 5.78 Å². The molecule has 7 heteroatoms. The maximum atomic E-state index is 12.0. The van der Waals surface area contributed by atoms with E-state index in [1.165, 1.54) is 50.6 Å². The molecule has 120 valence electrons. The predicted molar refractivity (Wildman–Crippen MR) is 83.6 cm³/mol. The van der Waals surface area contributed by atoms with Gasteiger partial charge in [-0.1, -0.05) is 6.08 Å². The zero-order valence-corrected chi connectivity index (χ0v) is 13.2. The second-order valence-corrected chi connectivity index (χ2v) is 5.50. The van der Waals surface area contributed by atoms with Crippen LogP contribution in [-0.4, -0.2) is 31.1 Å². The number of ether oxygens (including phenoxy) is 2. The van der Waals surface area contributed by atoms with Gasteiger partial charge in [-0.15, -0.1) is 11.3 Å². The van der Waals surface area contributed by atoms with E-state index in [2.05, 4.69) is 0 Å². The number of methoxy groups -OCH3 is 2. The van der Waals surface area contributed by atoms with Gasteiger partial charge in [-0.05, 0) is 41.7 Å². The van der Waals surface area contributed by atoms with E-state index >= 15 is 0 Å². The first kappa shape index (κ1) is 16.6. The van der Waals surface area contributed by atoms with E-state index in [0.717, 1.165) is 11.3 Å². The molecular formula is C16H13O6S-. The molecule has 0 radical (unpaired) electrons. The number of carbonyl (C=O) groups is 2. The molecule has 0 unspecified atom stereocenters. The summed E-state index contributed by atoms with van der Waals surface area (Å²) in [6, 6.07) is 5.83. The van der Waals surface area contributed by atoms with E-state index in [1.54, 1.807) is 0 Å². The lowest BCUT2D eigenvalue weighted by molar-refractivity contribution is -0.271. The van der Waals surface area contributed by atoms with Gasteiger partial charge in [-0.2, -0.15) is 0 Å². The summed E-state index contributed by atoms with van der Waals surface area (Å²) in [6.45, 7) is 0.